The standard InChI is InChI=1S/C23H22FN3O/c1-14-19(7-8-23(26)22(14)11-25)21-9-16(12-27-2)17(13-28)10-20(21)15-3-5-18(24)6-4-15/h3-11,13,25,27H,12,26H2,1-2H3. The van der Waals surface area contributed by atoms with Crippen LogP contribution in [-0.4, -0.2) is 19.5 Å². The molecular weight excluding hydrogens is 353 g/mol. The van der Waals surface area contributed by atoms with E-state index >= 15 is 0 Å². The number of benzene rings is 3. The number of carbonyl (C=O) groups excluding carboxylic acids is 1. The van der Waals surface area contributed by atoms with Crippen molar-refractivity contribution in [1.82, 2.24) is 5.32 Å². The van der Waals surface area contributed by atoms with Crippen molar-refractivity contribution < 1.29 is 9.18 Å². The van der Waals surface area contributed by atoms with E-state index in [0.717, 1.165) is 39.7 Å². The fourth-order valence-electron chi connectivity index (χ4n) is 3.44. The predicted octanol–water partition coefficient (Wildman–Crippen LogP) is 4.58. The van der Waals surface area contributed by atoms with E-state index in [9.17, 15) is 9.18 Å². The van der Waals surface area contributed by atoms with Crippen LogP contribution in [-0.2, 0) is 6.54 Å². The molecule has 0 unspecified atom stereocenters. The molecule has 0 atom stereocenters. The lowest BCUT2D eigenvalue weighted by Crippen LogP contribution is -2.08. The lowest BCUT2D eigenvalue weighted by Gasteiger charge is -2.18. The lowest BCUT2D eigenvalue weighted by molar-refractivity contribution is 0.112. The van der Waals surface area contributed by atoms with Crippen LogP contribution >= 0.6 is 0 Å². The van der Waals surface area contributed by atoms with Gasteiger partial charge >= 0.3 is 0 Å². The summed E-state index contributed by atoms with van der Waals surface area (Å²) in [5.74, 6) is -0.317. The summed E-state index contributed by atoms with van der Waals surface area (Å²) >= 11 is 0. The van der Waals surface area contributed by atoms with Crippen LogP contribution in [0.4, 0.5) is 10.1 Å². The van der Waals surface area contributed by atoms with Crippen molar-refractivity contribution in [2.75, 3.05) is 12.8 Å². The van der Waals surface area contributed by atoms with Gasteiger partial charge in [-0.1, -0.05) is 18.2 Å². The Balaban J connectivity index is 2.35. The molecule has 142 valence electrons. The summed E-state index contributed by atoms with van der Waals surface area (Å²) in [4.78, 5) is 11.7. The van der Waals surface area contributed by atoms with Crippen LogP contribution in [0.1, 0.15) is 27.0 Å². The van der Waals surface area contributed by atoms with Gasteiger partial charge in [-0.15, -0.1) is 0 Å². The third kappa shape index (κ3) is 3.57. The second kappa shape index (κ2) is 8.15. The topological polar surface area (TPSA) is 79.0 Å². The van der Waals surface area contributed by atoms with Gasteiger partial charge < -0.3 is 16.5 Å². The number of aldehydes is 1. The highest BCUT2D eigenvalue weighted by atomic mass is 19.1. The van der Waals surface area contributed by atoms with E-state index in [4.69, 9.17) is 11.1 Å². The van der Waals surface area contributed by atoms with Gasteiger partial charge in [-0.2, -0.15) is 0 Å². The SMILES string of the molecule is CNCc1cc(-c2ccc(N)c(C=N)c2C)c(-c2ccc(F)cc2)cc1C=O. The van der Waals surface area contributed by atoms with Crippen molar-refractivity contribution in [3.05, 3.63) is 76.6 Å². The van der Waals surface area contributed by atoms with Gasteiger partial charge in [-0.25, -0.2) is 4.39 Å². The van der Waals surface area contributed by atoms with E-state index in [-0.39, 0.29) is 5.82 Å². The van der Waals surface area contributed by atoms with Crippen LogP contribution in [0.25, 0.3) is 22.3 Å². The largest absolute Gasteiger partial charge is 0.398 e. The summed E-state index contributed by atoms with van der Waals surface area (Å²) < 4.78 is 13.4. The van der Waals surface area contributed by atoms with E-state index in [1.165, 1.54) is 18.3 Å². The van der Waals surface area contributed by atoms with Gasteiger partial charge in [0, 0.05) is 29.6 Å². The van der Waals surface area contributed by atoms with E-state index in [1.807, 2.05) is 32.2 Å². The Labute approximate surface area is 163 Å². The van der Waals surface area contributed by atoms with Crippen LogP contribution < -0.4 is 11.1 Å². The molecule has 4 N–H and O–H groups in total. The minimum Gasteiger partial charge on any atom is -0.398 e. The highest BCUT2D eigenvalue weighted by Crippen LogP contribution is 2.37. The highest BCUT2D eigenvalue weighted by Gasteiger charge is 2.16. The quantitative estimate of drug-likeness (QED) is 0.335. The van der Waals surface area contributed by atoms with Crippen LogP contribution in [0.15, 0.2) is 48.5 Å². The number of hydrogen-bond acceptors (Lipinski definition) is 4. The zero-order chi connectivity index (χ0) is 20.3. The molecule has 0 aliphatic carbocycles. The minimum absolute atomic E-state index is 0.317. The van der Waals surface area contributed by atoms with Gasteiger partial charge in [0.2, 0.25) is 0 Å². The molecule has 0 heterocycles. The minimum atomic E-state index is -0.317. The first-order valence-electron chi connectivity index (χ1n) is 8.92. The van der Waals surface area contributed by atoms with Gasteiger partial charge in [-0.05, 0) is 77.7 Å². The first kappa shape index (κ1) is 19.5. The molecule has 0 aliphatic heterocycles. The third-order valence-electron chi connectivity index (χ3n) is 4.91. The van der Waals surface area contributed by atoms with Crippen LogP contribution in [0.5, 0.6) is 0 Å². The number of anilines is 1. The van der Waals surface area contributed by atoms with Crippen molar-refractivity contribution in [3.63, 3.8) is 0 Å². The number of nitrogen functional groups attached to an aromatic ring is 1. The smallest absolute Gasteiger partial charge is 0.150 e. The number of halogens is 1. The summed E-state index contributed by atoms with van der Waals surface area (Å²) in [6.45, 7) is 2.46. The molecule has 0 saturated carbocycles. The molecule has 0 aromatic heterocycles. The second-order valence-corrected chi connectivity index (χ2v) is 6.64. The van der Waals surface area contributed by atoms with Crippen molar-refractivity contribution in [2.45, 2.75) is 13.5 Å². The normalized spacial score (nSPS) is 10.7. The fourth-order valence-corrected chi connectivity index (χ4v) is 3.44. The summed E-state index contributed by atoms with van der Waals surface area (Å²) in [6.07, 6.45) is 2.09. The van der Waals surface area contributed by atoms with Crippen molar-refractivity contribution in [2.24, 2.45) is 0 Å². The van der Waals surface area contributed by atoms with Gasteiger partial charge in [0.05, 0.1) is 0 Å². The first-order chi connectivity index (χ1) is 13.5. The molecule has 3 aromatic carbocycles. The molecule has 28 heavy (non-hydrogen) atoms. The maximum Gasteiger partial charge on any atom is 0.150 e. The molecule has 3 aromatic rings. The van der Waals surface area contributed by atoms with Crippen molar-refractivity contribution >= 4 is 18.2 Å². The molecule has 0 spiro atoms. The maximum atomic E-state index is 13.4. The monoisotopic (exact) mass is 375 g/mol. The molecule has 4 nitrogen and oxygen atoms in total. The Kier molecular flexibility index (Phi) is 5.66. The van der Waals surface area contributed by atoms with Crippen molar-refractivity contribution in [3.8, 4) is 22.3 Å². The maximum absolute atomic E-state index is 13.4. The average Bonchev–Trinajstić information content (AvgIpc) is 2.69. The average molecular weight is 375 g/mol. The number of carbonyl (C=O) groups is 1. The molecule has 3 rings (SSSR count). The van der Waals surface area contributed by atoms with E-state index in [0.29, 0.717) is 23.4 Å². The Morgan fingerprint density at radius 3 is 2.39 bits per heavy atom. The third-order valence-corrected chi connectivity index (χ3v) is 4.91. The van der Waals surface area contributed by atoms with Gasteiger partial charge in [0.1, 0.15) is 12.1 Å². The fraction of sp³-hybridized carbons (Fsp3) is 0.130. The van der Waals surface area contributed by atoms with Crippen LogP contribution in [0.3, 0.4) is 0 Å². The summed E-state index contributed by atoms with van der Waals surface area (Å²) in [6, 6.07) is 13.7. The van der Waals surface area contributed by atoms with Gasteiger partial charge in [0.15, 0.2) is 0 Å². The Hall–Kier alpha value is -3.31. The highest BCUT2D eigenvalue weighted by molar-refractivity contribution is 5.95. The molecule has 0 aliphatic rings. The molecule has 0 radical (unpaired) electrons. The van der Waals surface area contributed by atoms with Gasteiger partial charge in [-0.3, -0.25) is 4.79 Å². The second-order valence-electron chi connectivity index (χ2n) is 6.64. The number of rotatable bonds is 6. The first-order valence-corrected chi connectivity index (χ1v) is 8.92. The predicted molar refractivity (Wildman–Crippen MR) is 112 cm³/mol. The van der Waals surface area contributed by atoms with Crippen LogP contribution in [0, 0.1) is 18.2 Å². The Morgan fingerprint density at radius 2 is 1.79 bits per heavy atom. The van der Waals surface area contributed by atoms with Gasteiger partial charge in [0.25, 0.3) is 0 Å². The summed E-state index contributed by atoms with van der Waals surface area (Å²) in [7, 11) is 1.82. The molecule has 0 bridgehead atoms. The number of nitrogens with one attached hydrogen (secondary N) is 2. The zero-order valence-corrected chi connectivity index (χ0v) is 15.8. The Morgan fingerprint density at radius 1 is 1.07 bits per heavy atom. The molecule has 0 amide bonds. The summed E-state index contributed by atoms with van der Waals surface area (Å²) in [5.41, 5.74) is 13.0. The molecular formula is C23H22FN3O. The van der Waals surface area contributed by atoms with E-state index < -0.39 is 0 Å². The lowest BCUT2D eigenvalue weighted by atomic mass is 9.87. The van der Waals surface area contributed by atoms with E-state index in [2.05, 4.69) is 5.32 Å². The summed E-state index contributed by atoms with van der Waals surface area (Å²) in [5, 5.41) is 10.8. The van der Waals surface area contributed by atoms with Crippen LogP contribution in [0.2, 0.25) is 0 Å². The van der Waals surface area contributed by atoms with Crippen molar-refractivity contribution in [1.29, 1.82) is 5.41 Å². The molecule has 0 fully saturated rings. The Bertz CT molecular complexity index is 1040. The number of hydrogen-bond donors (Lipinski definition) is 3. The number of nitrogens with two attached hydrogens (primary N) is 1. The van der Waals surface area contributed by atoms with E-state index in [1.54, 1.807) is 18.2 Å². The molecule has 5 heteroatoms. The zero-order valence-electron chi connectivity index (χ0n) is 15.8. The molecule has 0 saturated heterocycles.